The van der Waals surface area contributed by atoms with Gasteiger partial charge < -0.3 is 15.8 Å². The van der Waals surface area contributed by atoms with Gasteiger partial charge in [0.1, 0.15) is 5.60 Å². The predicted molar refractivity (Wildman–Crippen MR) is 83.8 cm³/mol. The summed E-state index contributed by atoms with van der Waals surface area (Å²) in [6, 6.07) is 0.527. The summed E-state index contributed by atoms with van der Waals surface area (Å²) in [6.07, 6.45) is 1.76. The average Bonchev–Trinajstić information content (AvgIpc) is 2.28. The molecule has 0 radical (unpaired) electrons. The van der Waals surface area contributed by atoms with Gasteiger partial charge in [-0.05, 0) is 47.6 Å². The number of nitrogens with one attached hydrogen (secondary N) is 1. The Kier molecular flexibility index (Phi) is 8.13. The Morgan fingerprint density at radius 2 is 1.80 bits per heavy atom. The molecule has 2 atom stereocenters. The lowest BCUT2D eigenvalue weighted by molar-refractivity contribution is 0.0461. The minimum atomic E-state index is -0.483. The largest absolute Gasteiger partial charge is 0.444 e. The summed E-state index contributed by atoms with van der Waals surface area (Å²) in [5.74, 6) is 0. The maximum Gasteiger partial charge on any atom is 0.407 e. The van der Waals surface area contributed by atoms with Crippen molar-refractivity contribution in [1.82, 2.24) is 10.2 Å². The van der Waals surface area contributed by atoms with Gasteiger partial charge in [-0.3, -0.25) is 4.90 Å². The number of carbonyl (C=O) groups excluding carboxylic acids is 1. The molecule has 2 unspecified atom stereocenters. The molecule has 0 aliphatic heterocycles. The first-order valence-electron chi connectivity index (χ1n) is 7.57. The Balaban J connectivity index is 4.62. The molecule has 0 aliphatic carbocycles. The van der Waals surface area contributed by atoms with Crippen LogP contribution in [0.4, 0.5) is 4.79 Å². The maximum absolute atomic E-state index is 11.8. The molecular formula is C15H33N3O2. The van der Waals surface area contributed by atoms with Crippen molar-refractivity contribution in [3.63, 3.8) is 0 Å². The summed E-state index contributed by atoms with van der Waals surface area (Å²) >= 11 is 0. The van der Waals surface area contributed by atoms with Gasteiger partial charge in [0.05, 0.1) is 0 Å². The van der Waals surface area contributed by atoms with Crippen LogP contribution in [-0.4, -0.2) is 48.3 Å². The maximum atomic E-state index is 11.8. The number of alkyl carbamates (subject to hydrolysis) is 1. The number of ether oxygens (including phenoxy) is 1. The zero-order valence-electron chi connectivity index (χ0n) is 14.2. The Bertz CT molecular complexity index is 285. The van der Waals surface area contributed by atoms with Crippen LogP contribution in [0.3, 0.4) is 0 Å². The molecule has 0 fully saturated rings. The van der Waals surface area contributed by atoms with Crippen molar-refractivity contribution in [3.05, 3.63) is 0 Å². The lowest BCUT2D eigenvalue weighted by atomic mass is 10.0. The Hall–Kier alpha value is -0.810. The highest BCUT2D eigenvalue weighted by Gasteiger charge is 2.27. The minimum absolute atomic E-state index is 0.0551. The molecule has 0 spiro atoms. The highest BCUT2D eigenvalue weighted by Crippen LogP contribution is 2.13. The number of nitrogens with zero attached hydrogens (tertiary/aromatic N) is 1. The van der Waals surface area contributed by atoms with E-state index in [9.17, 15) is 4.79 Å². The van der Waals surface area contributed by atoms with E-state index in [1.165, 1.54) is 0 Å². The van der Waals surface area contributed by atoms with E-state index in [0.717, 1.165) is 12.8 Å². The molecule has 0 aromatic rings. The average molecular weight is 287 g/mol. The van der Waals surface area contributed by atoms with Crippen molar-refractivity contribution in [3.8, 4) is 0 Å². The van der Waals surface area contributed by atoms with Crippen molar-refractivity contribution in [2.75, 3.05) is 13.6 Å². The molecule has 0 saturated heterocycles. The predicted octanol–water partition coefficient (Wildman–Crippen LogP) is 2.35. The lowest BCUT2D eigenvalue weighted by Crippen LogP contribution is -2.55. The molecule has 5 heteroatoms. The first kappa shape index (κ1) is 19.2. The quantitative estimate of drug-likeness (QED) is 0.754. The molecule has 20 heavy (non-hydrogen) atoms. The number of nitrogens with two attached hydrogens (primary N) is 1. The number of carbonyl (C=O) groups is 1. The minimum Gasteiger partial charge on any atom is -0.444 e. The van der Waals surface area contributed by atoms with E-state index in [-0.39, 0.29) is 18.2 Å². The second-order valence-corrected chi connectivity index (χ2v) is 6.37. The van der Waals surface area contributed by atoms with Crippen molar-refractivity contribution >= 4 is 6.09 Å². The second-order valence-electron chi connectivity index (χ2n) is 6.37. The SMILES string of the molecule is CCC(CC)N(C)C(CN)C(C)NC(=O)OC(C)(C)C. The van der Waals surface area contributed by atoms with Crippen LogP contribution in [0.25, 0.3) is 0 Å². The van der Waals surface area contributed by atoms with Crippen molar-refractivity contribution < 1.29 is 9.53 Å². The van der Waals surface area contributed by atoms with E-state index < -0.39 is 5.60 Å². The van der Waals surface area contributed by atoms with E-state index >= 15 is 0 Å². The summed E-state index contributed by atoms with van der Waals surface area (Å²) in [7, 11) is 2.07. The molecule has 0 aromatic carbocycles. The third-order valence-corrected chi connectivity index (χ3v) is 3.60. The summed E-state index contributed by atoms with van der Waals surface area (Å²) < 4.78 is 5.29. The smallest absolute Gasteiger partial charge is 0.407 e. The Morgan fingerprint density at radius 3 is 2.15 bits per heavy atom. The number of rotatable bonds is 7. The molecular weight excluding hydrogens is 254 g/mol. The fraction of sp³-hybridized carbons (Fsp3) is 0.933. The number of likely N-dealkylation sites (N-methyl/N-ethyl adjacent to an activating group) is 1. The monoisotopic (exact) mass is 287 g/mol. The van der Waals surface area contributed by atoms with Crippen LogP contribution >= 0.6 is 0 Å². The van der Waals surface area contributed by atoms with Crippen LogP contribution in [0.1, 0.15) is 54.4 Å². The van der Waals surface area contributed by atoms with Crippen LogP contribution in [0.2, 0.25) is 0 Å². The first-order chi connectivity index (χ1) is 9.16. The van der Waals surface area contributed by atoms with Gasteiger partial charge in [-0.1, -0.05) is 13.8 Å². The highest BCUT2D eigenvalue weighted by molar-refractivity contribution is 5.68. The number of amides is 1. The summed E-state index contributed by atoms with van der Waals surface area (Å²) in [6.45, 7) is 12.4. The van der Waals surface area contributed by atoms with Gasteiger partial charge in [0.25, 0.3) is 0 Å². The molecule has 0 heterocycles. The van der Waals surface area contributed by atoms with Gasteiger partial charge in [-0.25, -0.2) is 4.79 Å². The van der Waals surface area contributed by atoms with Gasteiger partial charge in [0.2, 0.25) is 0 Å². The van der Waals surface area contributed by atoms with Gasteiger partial charge in [-0.2, -0.15) is 0 Å². The first-order valence-corrected chi connectivity index (χ1v) is 7.57. The van der Waals surface area contributed by atoms with E-state index in [1.54, 1.807) is 0 Å². The highest BCUT2D eigenvalue weighted by atomic mass is 16.6. The Morgan fingerprint density at radius 1 is 1.30 bits per heavy atom. The van der Waals surface area contributed by atoms with E-state index in [0.29, 0.717) is 12.6 Å². The van der Waals surface area contributed by atoms with Crippen molar-refractivity contribution in [1.29, 1.82) is 0 Å². The topological polar surface area (TPSA) is 67.6 Å². The third-order valence-electron chi connectivity index (χ3n) is 3.60. The van der Waals surface area contributed by atoms with Gasteiger partial charge in [-0.15, -0.1) is 0 Å². The van der Waals surface area contributed by atoms with Crippen molar-refractivity contribution in [2.45, 2.75) is 78.1 Å². The van der Waals surface area contributed by atoms with Crippen molar-refractivity contribution in [2.24, 2.45) is 5.73 Å². The zero-order valence-corrected chi connectivity index (χ0v) is 14.2. The van der Waals surface area contributed by atoms with E-state index in [4.69, 9.17) is 10.5 Å². The van der Waals surface area contributed by atoms with Crippen LogP contribution in [0, 0.1) is 0 Å². The van der Waals surface area contributed by atoms with Gasteiger partial charge in [0, 0.05) is 24.7 Å². The van der Waals surface area contributed by atoms with E-state index in [2.05, 4.69) is 31.1 Å². The normalized spacial score (nSPS) is 15.3. The second kappa shape index (κ2) is 8.47. The summed E-state index contributed by atoms with van der Waals surface area (Å²) in [5, 5.41) is 2.89. The molecule has 0 rings (SSSR count). The summed E-state index contributed by atoms with van der Waals surface area (Å²) in [4.78, 5) is 14.1. The molecule has 5 nitrogen and oxygen atoms in total. The Labute approximate surface area is 124 Å². The molecule has 1 amide bonds. The summed E-state index contributed by atoms with van der Waals surface area (Å²) in [5.41, 5.74) is 5.41. The van der Waals surface area contributed by atoms with Crippen LogP contribution < -0.4 is 11.1 Å². The zero-order chi connectivity index (χ0) is 15.9. The standard InChI is InChI=1S/C15H33N3O2/c1-8-12(9-2)18(7)13(10-16)11(3)17-14(19)20-15(4,5)6/h11-13H,8-10,16H2,1-7H3,(H,17,19). The molecule has 0 saturated carbocycles. The third kappa shape index (κ3) is 6.57. The molecule has 120 valence electrons. The fourth-order valence-corrected chi connectivity index (χ4v) is 2.45. The van der Waals surface area contributed by atoms with Crippen LogP contribution in [-0.2, 0) is 4.74 Å². The van der Waals surface area contributed by atoms with Gasteiger partial charge in [0.15, 0.2) is 0 Å². The number of hydrogen-bond donors (Lipinski definition) is 2. The molecule has 0 aromatic heterocycles. The van der Waals surface area contributed by atoms with Gasteiger partial charge >= 0.3 is 6.09 Å². The van der Waals surface area contributed by atoms with Crippen LogP contribution in [0.5, 0.6) is 0 Å². The van der Waals surface area contributed by atoms with Crippen LogP contribution in [0.15, 0.2) is 0 Å². The fourth-order valence-electron chi connectivity index (χ4n) is 2.45. The molecule has 3 N–H and O–H groups in total. The molecule has 0 aliphatic rings. The molecule has 0 bridgehead atoms. The van der Waals surface area contributed by atoms with E-state index in [1.807, 2.05) is 27.7 Å². The number of hydrogen-bond acceptors (Lipinski definition) is 4. The lowest BCUT2D eigenvalue weighted by Gasteiger charge is -2.37.